The number of nitrogens with two attached hydrogens (primary N) is 2. The van der Waals surface area contributed by atoms with Gasteiger partial charge < -0.3 is 11.1 Å². The van der Waals surface area contributed by atoms with Crippen LogP contribution in [-0.2, 0) is 10.2 Å². The Kier molecular flexibility index (Phi) is 6.33. The third-order valence-corrected chi connectivity index (χ3v) is 4.04. The second-order valence-electron chi connectivity index (χ2n) is 7.48. The van der Waals surface area contributed by atoms with Crippen LogP contribution in [0.2, 0.25) is 0 Å². The van der Waals surface area contributed by atoms with E-state index in [4.69, 9.17) is 5.73 Å². The zero-order chi connectivity index (χ0) is 17.8. The molecule has 5 heteroatoms. The smallest absolute Gasteiger partial charge is 0.319 e. The minimum Gasteiger partial charge on any atom is -0.351 e. The second kappa shape index (κ2) is 7.59. The first-order valence-corrected chi connectivity index (χ1v) is 8.08. The van der Waals surface area contributed by atoms with Crippen LogP contribution in [0.25, 0.3) is 0 Å². The van der Waals surface area contributed by atoms with E-state index in [0.717, 1.165) is 0 Å². The van der Waals surface area contributed by atoms with E-state index in [-0.39, 0.29) is 17.4 Å². The molecule has 0 radical (unpaired) electrons. The van der Waals surface area contributed by atoms with Gasteiger partial charge in [-0.25, -0.2) is 4.79 Å². The Morgan fingerprint density at radius 2 is 1.61 bits per heavy atom. The van der Waals surface area contributed by atoms with Crippen LogP contribution in [0, 0.1) is 5.92 Å². The predicted octanol–water partition coefficient (Wildman–Crippen LogP) is 1.83. The molecule has 0 aliphatic rings. The van der Waals surface area contributed by atoms with Crippen molar-refractivity contribution in [2.45, 2.75) is 59.0 Å². The lowest BCUT2D eigenvalue weighted by Gasteiger charge is -2.24. The lowest BCUT2D eigenvalue weighted by atomic mass is 9.85. The first-order valence-electron chi connectivity index (χ1n) is 8.08. The number of hydrogen-bond acceptors (Lipinski definition) is 2. The molecule has 0 aliphatic heterocycles. The summed E-state index contributed by atoms with van der Waals surface area (Å²) in [6.07, 6.45) is 0. The highest BCUT2D eigenvalue weighted by Crippen LogP contribution is 2.25. The maximum Gasteiger partial charge on any atom is 0.319 e. The van der Waals surface area contributed by atoms with Crippen LogP contribution < -0.4 is 16.4 Å². The van der Waals surface area contributed by atoms with Gasteiger partial charge in [0, 0.05) is 11.5 Å². The SMILES string of the molecule is CC(C)[C@@H]([NH2+][C@H](C)C(=O)NC(N)=O)c1ccc(C(C)(C)C)cc1. The van der Waals surface area contributed by atoms with Crippen molar-refractivity contribution in [3.05, 3.63) is 35.4 Å². The third-order valence-electron chi connectivity index (χ3n) is 4.04. The van der Waals surface area contributed by atoms with Crippen molar-refractivity contribution in [3.63, 3.8) is 0 Å². The summed E-state index contributed by atoms with van der Waals surface area (Å²) in [6.45, 7) is 12.6. The van der Waals surface area contributed by atoms with Crippen LogP contribution in [-0.4, -0.2) is 18.0 Å². The summed E-state index contributed by atoms with van der Waals surface area (Å²) in [7, 11) is 0. The van der Waals surface area contributed by atoms with E-state index in [1.165, 1.54) is 11.1 Å². The molecule has 128 valence electrons. The van der Waals surface area contributed by atoms with Gasteiger partial charge in [0.25, 0.3) is 5.91 Å². The number of rotatable bonds is 5. The van der Waals surface area contributed by atoms with Gasteiger partial charge in [0.1, 0.15) is 6.04 Å². The average molecular weight is 320 g/mol. The highest BCUT2D eigenvalue weighted by molar-refractivity contribution is 5.95. The van der Waals surface area contributed by atoms with Crippen LogP contribution in [0.5, 0.6) is 0 Å². The Labute approximate surface area is 139 Å². The fraction of sp³-hybridized carbons (Fsp3) is 0.556. The topological polar surface area (TPSA) is 88.8 Å². The van der Waals surface area contributed by atoms with E-state index in [2.05, 4.69) is 64.2 Å². The minimum absolute atomic E-state index is 0.115. The molecule has 5 nitrogen and oxygen atoms in total. The van der Waals surface area contributed by atoms with Crippen molar-refractivity contribution in [1.29, 1.82) is 0 Å². The molecule has 0 saturated carbocycles. The highest BCUT2D eigenvalue weighted by atomic mass is 16.2. The lowest BCUT2D eigenvalue weighted by Crippen LogP contribution is -2.93. The van der Waals surface area contributed by atoms with Gasteiger partial charge >= 0.3 is 6.03 Å². The Morgan fingerprint density at radius 1 is 1.09 bits per heavy atom. The fourth-order valence-electron chi connectivity index (χ4n) is 2.56. The van der Waals surface area contributed by atoms with Gasteiger partial charge in [0.2, 0.25) is 0 Å². The molecule has 0 aliphatic carbocycles. The van der Waals surface area contributed by atoms with Crippen LogP contribution in [0.15, 0.2) is 24.3 Å². The van der Waals surface area contributed by atoms with Crippen molar-refractivity contribution < 1.29 is 14.9 Å². The van der Waals surface area contributed by atoms with E-state index < -0.39 is 12.1 Å². The van der Waals surface area contributed by atoms with Crippen molar-refractivity contribution in [2.75, 3.05) is 0 Å². The lowest BCUT2D eigenvalue weighted by molar-refractivity contribution is -0.719. The molecule has 2 atom stereocenters. The number of carbonyl (C=O) groups excluding carboxylic acids is 2. The highest BCUT2D eigenvalue weighted by Gasteiger charge is 2.26. The minimum atomic E-state index is -0.814. The standard InChI is InChI=1S/C18H29N3O2/c1-11(2)15(20-12(3)16(22)21-17(19)23)13-7-9-14(10-8-13)18(4,5)6/h7-12,15,20H,1-6H3,(H3,19,21,22,23)/p+1/t12-,15-/m1/s1. The molecule has 0 bridgehead atoms. The molecule has 0 aromatic heterocycles. The summed E-state index contributed by atoms with van der Waals surface area (Å²) >= 11 is 0. The van der Waals surface area contributed by atoms with Crippen LogP contribution >= 0.6 is 0 Å². The van der Waals surface area contributed by atoms with E-state index in [0.29, 0.717) is 5.92 Å². The first-order chi connectivity index (χ1) is 10.5. The van der Waals surface area contributed by atoms with Gasteiger partial charge in [-0.1, -0.05) is 58.9 Å². The first kappa shape index (κ1) is 19.2. The van der Waals surface area contributed by atoms with Crippen molar-refractivity contribution in [1.82, 2.24) is 5.32 Å². The van der Waals surface area contributed by atoms with Crippen molar-refractivity contribution >= 4 is 11.9 Å². The molecule has 5 N–H and O–H groups in total. The van der Waals surface area contributed by atoms with Gasteiger partial charge in [-0.15, -0.1) is 0 Å². The molecule has 0 spiro atoms. The fourth-order valence-corrected chi connectivity index (χ4v) is 2.56. The molecule has 0 unspecified atom stereocenters. The average Bonchev–Trinajstić information content (AvgIpc) is 2.42. The molecule has 23 heavy (non-hydrogen) atoms. The quantitative estimate of drug-likeness (QED) is 0.772. The summed E-state index contributed by atoms with van der Waals surface area (Å²) < 4.78 is 0. The number of urea groups is 1. The van der Waals surface area contributed by atoms with Gasteiger partial charge in [-0.2, -0.15) is 0 Å². The van der Waals surface area contributed by atoms with Crippen LogP contribution in [0.3, 0.4) is 0 Å². The third kappa shape index (κ3) is 5.67. The molecule has 3 amide bonds. The van der Waals surface area contributed by atoms with Gasteiger partial charge in [0.05, 0.1) is 0 Å². The summed E-state index contributed by atoms with van der Waals surface area (Å²) in [5.41, 5.74) is 7.57. The largest absolute Gasteiger partial charge is 0.351 e. The summed E-state index contributed by atoms with van der Waals surface area (Å²) in [6, 6.07) is 7.47. The van der Waals surface area contributed by atoms with Crippen molar-refractivity contribution in [3.8, 4) is 0 Å². The molecular weight excluding hydrogens is 290 g/mol. The monoisotopic (exact) mass is 320 g/mol. The molecule has 1 aromatic carbocycles. The Morgan fingerprint density at radius 3 is 2.00 bits per heavy atom. The summed E-state index contributed by atoms with van der Waals surface area (Å²) in [5.74, 6) is -0.0197. The number of quaternary nitrogens is 1. The van der Waals surface area contributed by atoms with Crippen molar-refractivity contribution in [2.24, 2.45) is 11.7 Å². The zero-order valence-electron chi connectivity index (χ0n) is 15.0. The van der Waals surface area contributed by atoms with Gasteiger partial charge in [-0.05, 0) is 17.9 Å². The van der Waals surface area contributed by atoms with E-state index in [1.54, 1.807) is 6.92 Å². The molecular formula is C18H30N3O2+. The summed E-state index contributed by atoms with van der Waals surface area (Å²) in [4.78, 5) is 22.7. The van der Waals surface area contributed by atoms with Crippen LogP contribution in [0.4, 0.5) is 4.79 Å². The Bertz CT molecular complexity index is 544. The normalized spacial score (nSPS) is 14.4. The van der Waals surface area contributed by atoms with E-state index in [9.17, 15) is 9.59 Å². The molecule has 1 aromatic rings. The molecule has 0 saturated heterocycles. The summed E-state index contributed by atoms with van der Waals surface area (Å²) in [5, 5.41) is 4.12. The Hall–Kier alpha value is -1.88. The molecule has 0 heterocycles. The Balaban J connectivity index is 2.90. The maximum absolute atomic E-state index is 11.9. The van der Waals surface area contributed by atoms with E-state index in [1.807, 2.05) is 5.32 Å². The molecule has 1 rings (SSSR count). The number of imide groups is 1. The number of amides is 3. The van der Waals surface area contributed by atoms with Crippen LogP contribution in [0.1, 0.15) is 58.7 Å². The number of carbonyl (C=O) groups is 2. The zero-order valence-corrected chi connectivity index (χ0v) is 15.0. The van der Waals surface area contributed by atoms with Gasteiger partial charge in [-0.3, -0.25) is 10.1 Å². The number of nitrogens with one attached hydrogen (secondary N) is 1. The second-order valence-corrected chi connectivity index (χ2v) is 7.48. The molecule has 0 fully saturated rings. The van der Waals surface area contributed by atoms with E-state index >= 15 is 0 Å². The van der Waals surface area contributed by atoms with Gasteiger partial charge in [0.15, 0.2) is 6.04 Å². The number of benzene rings is 1. The maximum atomic E-state index is 11.9. The number of primary amides is 1. The predicted molar refractivity (Wildman–Crippen MR) is 91.8 cm³/mol. The number of hydrogen-bond donors (Lipinski definition) is 3.